The van der Waals surface area contributed by atoms with Gasteiger partial charge in [0.2, 0.25) is 0 Å². The zero-order valence-corrected chi connectivity index (χ0v) is 18.0. The van der Waals surface area contributed by atoms with Crippen molar-refractivity contribution < 1.29 is 32.5 Å². The van der Waals surface area contributed by atoms with Gasteiger partial charge in [-0.15, -0.1) is 0 Å². The van der Waals surface area contributed by atoms with Gasteiger partial charge in [0.05, 0.1) is 13.2 Å². The number of aliphatic hydroxyl groups is 1. The van der Waals surface area contributed by atoms with E-state index >= 15 is 0 Å². The Balaban J connectivity index is 1.79. The van der Waals surface area contributed by atoms with Crippen LogP contribution >= 0.6 is 20.1 Å². The highest BCUT2D eigenvalue weighted by Gasteiger charge is 2.54. The molecule has 0 radical (unpaired) electrons. The van der Waals surface area contributed by atoms with Crippen molar-refractivity contribution in [2.45, 2.75) is 30.8 Å². The van der Waals surface area contributed by atoms with E-state index in [1.54, 1.807) is 30.3 Å². The van der Waals surface area contributed by atoms with Crippen molar-refractivity contribution in [1.82, 2.24) is 14.6 Å². The molecule has 0 bridgehead atoms. The van der Waals surface area contributed by atoms with Gasteiger partial charge in [-0.05, 0) is 12.1 Å². The van der Waals surface area contributed by atoms with Crippen molar-refractivity contribution in [3.05, 3.63) is 62.4 Å². The normalized spacial score (nSPS) is 23.9. The van der Waals surface area contributed by atoms with Crippen LogP contribution < -0.4 is 20.9 Å². The molecule has 0 spiro atoms. The van der Waals surface area contributed by atoms with Crippen LogP contribution in [0.25, 0.3) is 0 Å². The number of aldehydes is 1. The molecule has 4 unspecified atom stereocenters. The van der Waals surface area contributed by atoms with Crippen LogP contribution in [-0.4, -0.2) is 52.2 Å². The largest absolute Gasteiger partial charge is 0.436 e. The van der Waals surface area contributed by atoms with Crippen LogP contribution in [0.2, 0.25) is 5.02 Å². The molecule has 1 aliphatic heterocycles. The summed E-state index contributed by atoms with van der Waals surface area (Å²) in [5, 5.41) is 12.6. The van der Waals surface area contributed by atoms with Gasteiger partial charge in [-0.25, -0.2) is 18.7 Å². The van der Waals surface area contributed by atoms with Crippen molar-refractivity contribution in [2.75, 3.05) is 13.2 Å². The van der Waals surface area contributed by atoms with Crippen LogP contribution in [0.4, 0.5) is 8.78 Å². The number of hydrogen-bond acceptors (Lipinski definition) is 8. The summed E-state index contributed by atoms with van der Waals surface area (Å²) in [4.78, 5) is 36.1. The number of rotatable bonds is 10. The highest BCUT2D eigenvalue weighted by molar-refractivity contribution is 7.45. The first-order chi connectivity index (χ1) is 15.3. The van der Waals surface area contributed by atoms with Crippen LogP contribution in [0.3, 0.4) is 0 Å². The number of nitrogens with one attached hydrogen (secondary N) is 2. The van der Waals surface area contributed by atoms with Crippen molar-refractivity contribution in [2.24, 2.45) is 0 Å². The first-order valence-corrected chi connectivity index (χ1v) is 10.8. The van der Waals surface area contributed by atoms with Crippen LogP contribution in [0.15, 0.2) is 46.1 Å². The van der Waals surface area contributed by atoms with Gasteiger partial charge in [0.25, 0.3) is 12.0 Å². The standard InChI is InChI=1S/C18H19ClF2N3O7P/c19-12-9-24(17(28)23-14(12)27)15-13(26)8-18(30-15,16(20)21)10-29-32(22-6-7-25)31-11-4-2-1-3-5-11/h1-5,7,9,13,15-16,22,26H,6,8,10H2,(H,23,27,28). The van der Waals surface area contributed by atoms with E-state index in [1.165, 1.54) is 0 Å². The quantitative estimate of drug-likeness (QED) is 0.336. The van der Waals surface area contributed by atoms with E-state index in [4.69, 9.17) is 25.4 Å². The number of carbonyl (C=O) groups is 1. The highest BCUT2D eigenvalue weighted by Crippen LogP contribution is 2.44. The van der Waals surface area contributed by atoms with Gasteiger partial charge in [0.15, 0.2) is 11.8 Å². The highest BCUT2D eigenvalue weighted by atomic mass is 35.5. The molecule has 0 amide bonds. The Morgan fingerprint density at radius 1 is 1.41 bits per heavy atom. The Morgan fingerprint density at radius 3 is 2.78 bits per heavy atom. The van der Waals surface area contributed by atoms with Gasteiger partial charge >= 0.3 is 14.2 Å². The minimum absolute atomic E-state index is 0.155. The number of aromatic amines is 1. The topological polar surface area (TPSA) is 132 Å². The second-order valence-electron chi connectivity index (χ2n) is 6.75. The van der Waals surface area contributed by atoms with E-state index in [0.29, 0.717) is 12.0 Å². The first kappa shape index (κ1) is 24.4. The maximum Gasteiger partial charge on any atom is 0.330 e. The molecule has 2 heterocycles. The first-order valence-electron chi connectivity index (χ1n) is 9.24. The van der Waals surface area contributed by atoms with Crippen molar-refractivity contribution >= 4 is 26.4 Å². The number of benzene rings is 1. The Labute approximate surface area is 186 Å². The summed E-state index contributed by atoms with van der Waals surface area (Å²) < 4.78 is 45.3. The van der Waals surface area contributed by atoms with Crippen LogP contribution in [0.5, 0.6) is 5.75 Å². The molecule has 4 atom stereocenters. The fourth-order valence-electron chi connectivity index (χ4n) is 2.97. The molecule has 1 aromatic carbocycles. The van der Waals surface area contributed by atoms with Crippen molar-refractivity contribution in [3.8, 4) is 5.75 Å². The summed E-state index contributed by atoms with van der Waals surface area (Å²) in [5.74, 6) is 0.378. The Morgan fingerprint density at radius 2 is 2.12 bits per heavy atom. The Hall–Kier alpha value is -2.21. The van der Waals surface area contributed by atoms with Gasteiger partial charge < -0.3 is 23.7 Å². The fraction of sp³-hybridized carbons (Fsp3) is 0.389. The number of para-hydroxylation sites is 1. The van der Waals surface area contributed by atoms with Gasteiger partial charge in [-0.1, -0.05) is 29.8 Å². The van der Waals surface area contributed by atoms with E-state index in [1.807, 2.05) is 4.98 Å². The molecule has 14 heteroatoms. The van der Waals surface area contributed by atoms with E-state index in [-0.39, 0.29) is 11.6 Å². The van der Waals surface area contributed by atoms with E-state index in [2.05, 4.69) is 5.09 Å². The molecule has 32 heavy (non-hydrogen) atoms. The third-order valence-electron chi connectivity index (χ3n) is 4.50. The lowest BCUT2D eigenvalue weighted by molar-refractivity contribution is -0.169. The molecular weight excluding hydrogens is 475 g/mol. The number of halogens is 3. The zero-order valence-electron chi connectivity index (χ0n) is 16.3. The van der Waals surface area contributed by atoms with Gasteiger partial charge in [-0.2, -0.15) is 0 Å². The molecular formula is C18H19ClF2N3O7P. The summed E-state index contributed by atoms with van der Waals surface area (Å²) in [7, 11) is -2.03. The second kappa shape index (κ2) is 10.6. The number of carbonyl (C=O) groups excluding carboxylic acids is 1. The van der Waals surface area contributed by atoms with Gasteiger partial charge in [0.1, 0.15) is 23.2 Å². The summed E-state index contributed by atoms with van der Waals surface area (Å²) in [6, 6.07) is 8.36. The molecule has 1 saturated heterocycles. The monoisotopic (exact) mass is 493 g/mol. The maximum atomic E-state index is 14.0. The molecule has 0 aliphatic carbocycles. The lowest BCUT2D eigenvalue weighted by Crippen LogP contribution is -2.43. The second-order valence-corrected chi connectivity index (χ2v) is 8.43. The van der Waals surface area contributed by atoms with Crippen molar-refractivity contribution in [3.63, 3.8) is 0 Å². The van der Waals surface area contributed by atoms with E-state index in [0.717, 1.165) is 10.8 Å². The SMILES string of the molecule is O=CCNP(OCC1(C(F)F)CC(O)C(n2cc(Cl)c(=O)[nH]c2=O)O1)Oc1ccccc1. The third-order valence-corrected chi connectivity index (χ3v) is 5.95. The number of aromatic nitrogens is 2. The molecule has 3 rings (SSSR count). The van der Waals surface area contributed by atoms with Gasteiger partial charge in [-0.3, -0.25) is 14.3 Å². The fourth-order valence-corrected chi connectivity index (χ4v) is 4.20. The number of aliphatic hydroxyl groups excluding tert-OH is 1. The lowest BCUT2D eigenvalue weighted by atomic mass is 10.0. The number of hydrogen-bond donors (Lipinski definition) is 3. The number of nitrogens with zero attached hydrogens (tertiary/aromatic N) is 1. The molecule has 1 aromatic heterocycles. The zero-order chi connectivity index (χ0) is 23.3. The summed E-state index contributed by atoms with van der Waals surface area (Å²) in [6.07, 6.45) is -5.32. The Kier molecular flexibility index (Phi) is 8.10. The average Bonchev–Trinajstić information content (AvgIpc) is 3.11. The minimum atomic E-state index is -3.12. The maximum absolute atomic E-state index is 14.0. The third kappa shape index (κ3) is 5.58. The molecule has 0 saturated carbocycles. The van der Waals surface area contributed by atoms with Gasteiger partial charge in [0, 0.05) is 12.6 Å². The van der Waals surface area contributed by atoms with Crippen LogP contribution in [0.1, 0.15) is 12.6 Å². The van der Waals surface area contributed by atoms with Crippen LogP contribution in [0, 0.1) is 0 Å². The number of H-pyrrole nitrogens is 1. The minimum Gasteiger partial charge on any atom is -0.436 e. The molecule has 3 N–H and O–H groups in total. The molecule has 174 valence electrons. The van der Waals surface area contributed by atoms with E-state index < -0.39 is 57.2 Å². The number of ether oxygens (including phenoxy) is 1. The summed E-state index contributed by atoms with van der Waals surface area (Å²) in [5.41, 5.74) is -4.15. The Bertz CT molecular complexity index is 1040. The predicted molar refractivity (Wildman–Crippen MR) is 110 cm³/mol. The van der Waals surface area contributed by atoms with E-state index in [9.17, 15) is 28.3 Å². The molecule has 1 aliphatic rings. The summed E-state index contributed by atoms with van der Waals surface area (Å²) in [6.45, 7) is -0.883. The van der Waals surface area contributed by atoms with Crippen molar-refractivity contribution in [1.29, 1.82) is 0 Å². The molecule has 1 fully saturated rings. The lowest BCUT2D eigenvalue weighted by Gasteiger charge is -2.29. The number of alkyl halides is 2. The smallest absolute Gasteiger partial charge is 0.330 e. The van der Waals surface area contributed by atoms with Crippen LogP contribution in [-0.2, 0) is 14.1 Å². The summed E-state index contributed by atoms with van der Waals surface area (Å²) >= 11 is 5.71. The average molecular weight is 494 g/mol. The predicted octanol–water partition coefficient (Wildman–Crippen LogP) is 1.58. The molecule has 2 aromatic rings. The molecule has 10 nitrogen and oxygen atoms in total.